The fraction of sp³-hybridized carbons (Fsp3) is 0.889. The molecule has 64 valence electrons. The summed E-state index contributed by atoms with van der Waals surface area (Å²) in [6, 6.07) is 0. The molecule has 2 N–H and O–H groups in total. The lowest BCUT2D eigenvalue weighted by Gasteiger charge is -1.96. The van der Waals surface area contributed by atoms with Gasteiger partial charge in [-0.3, -0.25) is 0 Å². The van der Waals surface area contributed by atoms with E-state index in [2.05, 4.69) is 4.85 Å². The van der Waals surface area contributed by atoms with Gasteiger partial charge in [0.25, 0.3) is 0 Å². The zero-order chi connectivity index (χ0) is 8.36. The summed E-state index contributed by atoms with van der Waals surface area (Å²) in [4.78, 5) is 3.30. The van der Waals surface area contributed by atoms with Crippen LogP contribution in [0.2, 0.25) is 0 Å². The second-order valence-electron chi connectivity index (χ2n) is 2.79. The maximum absolute atomic E-state index is 6.56. The van der Waals surface area contributed by atoms with Gasteiger partial charge in [0, 0.05) is 6.42 Å². The van der Waals surface area contributed by atoms with Crippen LogP contribution in [0.1, 0.15) is 38.5 Å². The summed E-state index contributed by atoms with van der Waals surface area (Å²) in [6.07, 6.45) is 7.27. The minimum Gasteiger partial charge on any atom is -0.330 e. The summed E-state index contributed by atoms with van der Waals surface area (Å²) < 4.78 is 0. The largest absolute Gasteiger partial charge is 0.330 e. The van der Waals surface area contributed by atoms with E-state index in [1.54, 1.807) is 0 Å². The molecule has 0 aliphatic rings. The Labute approximate surface area is 69.6 Å². The van der Waals surface area contributed by atoms with E-state index in [9.17, 15) is 0 Å². The first-order valence-corrected chi connectivity index (χ1v) is 4.45. The molecular weight excluding hydrogens is 136 g/mol. The van der Waals surface area contributed by atoms with Crippen molar-refractivity contribution in [2.24, 2.45) is 5.73 Å². The van der Waals surface area contributed by atoms with E-state index < -0.39 is 0 Å². The van der Waals surface area contributed by atoms with Gasteiger partial charge in [0.15, 0.2) is 0 Å². The summed E-state index contributed by atoms with van der Waals surface area (Å²) in [5, 5.41) is 0. The Kier molecular flexibility index (Phi) is 8.98. The number of hydrogen-bond donors (Lipinski definition) is 1. The van der Waals surface area contributed by atoms with Crippen LogP contribution in [0, 0.1) is 6.57 Å². The topological polar surface area (TPSA) is 30.4 Å². The van der Waals surface area contributed by atoms with E-state index >= 15 is 0 Å². The van der Waals surface area contributed by atoms with Crippen LogP contribution in [0.25, 0.3) is 4.85 Å². The molecule has 0 saturated heterocycles. The Bertz CT molecular complexity index is 105. The molecule has 0 unspecified atom stereocenters. The number of unbranched alkanes of at least 4 members (excludes halogenated alkanes) is 5. The molecule has 0 radical (unpaired) electrons. The molecule has 0 aliphatic carbocycles. The molecule has 2 heteroatoms. The lowest BCUT2D eigenvalue weighted by Crippen LogP contribution is -1.97. The first-order chi connectivity index (χ1) is 5.41. The van der Waals surface area contributed by atoms with Gasteiger partial charge in [0.05, 0.1) is 0 Å². The summed E-state index contributed by atoms with van der Waals surface area (Å²) in [5.74, 6) is 0. The highest BCUT2D eigenvalue weighted by molar-refractivity contribution is 4.57. The van der Waals surface area contributed by atoms with Crippen molar-refractivity contribution in [3.05, 3.63) is 11.4 Å². The SMILES string of the molecule is [C-]#[N+]CCCCCCCCN. The normalized spacial score (nSPS) is 9.45. The molecular formula is C9H18N2. The van der Waals surface area contributed by atoms with Gasteiger partial charge in [-0.25, -0.2) is 6.57 Å². The van der Waals surface area contributed by atoms with Gasteiger partial charge in [0.1, 0.15) is 0 Å². The van der Waals surface area contributed by atoms with Gasteiger partial charge >= 0.3 is 0 Å². The Hall–Kier alpha value is -0.550. The highest BCUT2D eigenvalue weighted by Crippen LogP contribution is 2.04. The van der Waals surface area contributed by atoms with Crippen LogP contribution in [0.5, 0.6) is 0 Å². The van der Waals surface area contributed by atoms with Gasteiger partial charge in [-0.15, -0.1) is 0 Å². The predicted octanol–water partition coefficient (Wildman–Crippen LogP) is 2.20. The van der Waals surface area contributed by atoms with E-state index in [1.165, 1.54) is 25.7 Å². The highest BCUT2D eigenvalue weighted by Gasteiger charge is 1.90. The first kappa shape index (κ1) is 10.4. The number of nitrogens with two attached hydrogens (primary N) is 1. The molecule has 11 heavy (non-hydrogen) atoms. The molecule has 0 amide bonds. The third kappa shape index (κ3) is 9.45. The van der Waals surface area contributed by atoms with Gasteiger partial charge in [-0.1, -0.05) is 19.3 Å². The van der Waals surface area contributed by atoms with Gasteiger partial charge in [-0.2, -0.15) is 0 Å². The minimum atomic E-state index is 0.705. The maximum atomic E-state index is 6.56. The molecule has 0 aromatic heterocycles. The van der Waals surface area contributed by atoms with Crippen molar-refractivity contribution in [1.82, 2.24) is 0 Å². The molecule has 2 nitrogen and oxygen atoms in total. The highest BCUT2D eigenvalue weighted by atomic mass is 14.6. The van der Waals surface area contributed by atoms with E-state index in [1.807, 2.05) is 0 Å². The second-order valence-corrected chi connectivity index (χ2v) is 2.79. The molecule has 0 aromatic rings. The minimum absolute atomic E-state index is 0.705. The quantitative estimate of drug-likeness (QED) is 0.442. The van der Waals surface area contributed by atoms with Crippen molar-refractivity contribution in [2.75, 3.05) is 13.1 Å². The molecule has 0 rings (SSSR count). The van der Waals surface area contributed by atoms with E-state index in [0.717, 1.165) is 19.4 Å². The third-order valence-electron chi connectivity index (χ3n) is 1.72. The summed E-state index contributed by atoms with van der Waals surface area (Å²) in [7, 11) is 0. The molecule has 0 heterocycles. The first-order valence-electron chi connectivity index (χ1n) is 4.45. The zero-order valence-corrected chi connectivity index (χ0v) is 7.18. The van der Waals surface area contributed by atoms with Gasteiger partial charge in [-0.05, 0) is 19.4 Å². The van der Waals surface area contributed by atoms with Crippen molar-refractivity contribution in [3.63, 3.8) is 0 Å². The van der Waals surface area contributed by atoms with Crippen LogP contribution in [-0.4, -0.2) is 13.1 Å². The lowest BCUT2D eigenvalue weighted by atomic mass is 10.1. The van der Waals surface area contributed by atoms with Crippen molar-refractivity contribution >= 4 is 0 Å². The van der Waals surface area contributed by atoms with Crippen LogP contribution in [-0.2, 0) is 0 Å². The lowest BCUT2D eigenvalue weighted by molar-refractivity contribution is 0.609. The molecule has 0 fully saturated rings. The Balaban J connectivity index is 2.75. The third-order valence-corrected chi connectivity index (χ3v) is 1.72. The monoisotopic (exact) mass is 154 g/mol. The summed E-state index contributed by atoms with van der Waals surface area (Å²) in [5.41, 5.74) is 5.35. The average Bonchev–Trinajstić information content (AvgIpc) is 2.03. The van der Waals surface area contributed by atoms with Gasteiger partial charge in [0.2, 0.25) is 6.54 Å². The van der Waals surface area contributed by atoms with Crippen molar-refractivity contribution in [1.29, 1.82) is 0 Å². The fourth-order valence-electron chi connectivity index (χ4n) is 1.04. The summed E-state index contributed by atoms with van der Waals surface area (Å²) >= 11 is 0. The molecule has 0 atom stereocenters. The van der Waals surface area contributed by atoms with Crippen molar-refractivity contribution < 1.29 is 0 Å². The van der Waals surface area contributed by atoms with Crippen LogP contribution in [0.4, 0.5) is 0 Å². The van der Waals surface area contributed by atoms with Crippen LogP contribution in [0.3, 0.4) is 0 Å². The van der Waals surface area contributed by atoms with Crippen molar-refractivity contribution in [2.45, 2.75) is 38.5 Å². The number of rotatable bonds is 7. The number of hydrogen-bond acceptors (Lipinski definition) is 1. The second kappa shape index (κ2) is 9.45. The predicted molar refractivity (Wildman–Crippen MR) is 48.2 cm³/mol. The van der Waals surface area contributed by atoms with Crippen LogP contribution in [0.15, 0.2) is 0 Å². The zero-order valence-electron chi connectivity index (χ0n) is 7.18. The Morgan fingerprint density at radius 3 is 2.00 bits per heavy atom. The molecule has 0 saturated carbocycles. The molecule has 0 spiro atoms. The Morgan fingerprint density at radius 2 is 1.45 bits per heavy atom. The summed E-state index contributed by atoms with van der Waals surface area (Å²) in [6.45, 7) is 8.08. The molecule has 0 aliphatic heterocycles. The average molecular weight is 154 g/mol. The van der Waals surface area contributed by atoms with Gasteiger partial charge < -0.3 is 10.6 Å². The van der Waals surface area contributed by atoms with E-state index in [0.29, 0.717) is 6.54 Å². The van der Waals surface area contributed by atoms with Crippen molar-refractivity contribution in [3.8, 4) is 0 Å². The van der Waals surface area contributed by atoms with E-state index in [4.69, 9.17) is 12.3 Å². The maximum Gasteiger partial charge on any atom is 0.214 e. The number of nitrogens with zero attached hydrogens (tertiary/aromatic N) is 1. The smallest absolute Gasteiger partial charge is 0.214 e. The molecule has 0 bridgehead atoms. The van der Waals surface area contributed by atoms with Crippen LogP contribution >= 0.6 is 0 Å². The molecule has 0 aromatic carbocycles. The fourth-order valence-corrected chi connectivity index (χ4v) is 1.04. The Morgan fingerprint density at radius 1 is 0.909 bits per heavy atom. The standard InChI is InChI=1S/C9H18N2/c1-11-9-7-5-3-2-4-6-8-10/h2-10H2. The van der Waals surface area contributed by atoms with E-state index in [-0.39, 0.29) is 0 Å². The van der Waals surface area contributed by atoms with Crippen LogP contribution < -0.4 is 5.73 Å².